The van der Waals surface area contributed by atoms with Crippen LogP contribution in [-0.4, -0.2) is 33.7 Å². The number of aliphatic hydroxyl groups excluding tert-OH is 1. The number of nitrogens with one attached hydrogen (secondary N) is 2. The molecular formula is C13H24N2O4S. The summed E-state index contributed by atoms with van der Waals surface area (Å²) in [6.45, 7) is 5.31. The van der Waals surface area contributed by atoms with Crippen molar-refractivity contribution < 1.29 is 17.9 Å². The van der Waals surface area contributed by atoms with Gasteiger partial charge in [-0.2, -0.15) is 0 Å². The van der Waals surface area contributed by atoms with Crippen LogP contribution in [0.5, 0.6) is 0 Å². The maximum Gasteiger partial charge on any atom is 0.273 e. The van der Waals surface area contributed by atoms with Crippen LogP contribution in [0.3, 0.4) is 0 Å². The lowest BCUT2D eigenvalue weighted by Crippen LogP contribution is -2.36. The normalized spacial score (nSPS) is 12.8. The van der Waals surface area contributed by atoms with Gasteiger partial charge in [0.25, 0.3) is 10.0 Å². The van der Waals surface area contributed by atoms with Crippen LogP contribution in [0.2, 0.25) is 0 Å². The van der Waals surface area contributed by atoms with Crippen molar-refractivity contribution in [2.24, 2.45) is 5.41 Å². The Balaban J connectivity index is 2.59. The molecule has 0 bridgehead atoms. The quantitative estimate of drug-likeness (QED) is 0.635. The minimum absolute atomic E-state index is 0.0868. The van der Waals surface area contributed by atoms with E-state index in [-0.39, 0.29) is 17.1 Å². The van der Waals surface area contributed by atoms with Crippen LogP contribution < -0.4 is 10.0 Å². The number of hydrogen-bond donors (Lipinski definition) is 3. The molecule has 0 aromatic carbocycles. The van der Waals surface area contributed by atoms with Gasteiger partial charge in [-0.15, -0.1) is 0 Å². The largest absolute Gasteiger partial charge is 0.447 e. The SMILES string of the molecule is CCC(CC)(CO)CNCc1ccc(S(=O)(=O)NC)o1. The van der Waals surface area contributed by atoms with Crippen LogP contribution in [-0.2, 0) is 16.6 Å². The summed E-state index contributed by atoms with van der Waals surface area (Å²) in [5.74, 6) is 0.554. The van der Waals surface area contributed by atoms with Gasteiger partial charge in [0.05, 0.1) is 6.54 Å². The molecule has 3 N–H and O–H groups in total. The van der Waals surface area contributed by atoms with Crippen LogP contribution in [0.15, 0.2) is 21.6 Å². The molecule has 0 radical (unpaired) electrons. The predicted molar refractivity (Wildman–Crippen MR) is 76.8 cm³/mol. The van der Waals surface area contributed by atoms with Gasteiger partial charge in [-0.25, -0.2) is 13.1 Å². The number of aliphatic hydroxyl groups is 1. The van der Waals surface area contributed by atoms with Crippen molar-refractivity contribution in [3.63, 3.8) is 0 Å². The zero-order valence-corrected chi connectivity index (χ0v) is 13.1. The monoisotopic (exact) mass is 304 g/mol. The van der Waals surface area contributed by atoms with E-state index in [0.29, 0.717) is 18.8 Å². The molecular weight excluding hydrogens is 280 g/mol. The van der Waals surface area contributed by atoms with E-state index in [1.165, 1.54) is 13.1 Å². The Morgan fingerprint density at radius 3 is 2.45 bits per heavy atom. The molecule has 1 aromatic heterocycles. The van der Waals surface area contributed by atoms with Gasteiger partial charge in [-0.3, -0.25) is 0 Å². The Morgan fingerprint density at radius 2 is 1.95 bits per heavy atom. The van der Waals surface area contributed by atoms with E-state index in [4.69, 9.17) is 4.42 Å². The Labute approximate surface area is 120 Å². The van der Waals surface area contributed by atoms with Crippen LogP contribution >= 0.6 is 0 Å². The van der Waals surface area contributed by atoms with Gasteiger partial charge in [-0.1, -0.05) is 13.8 Å². The third-order valence-electron chi connectivity index (χ3n) is 3.81. The van der Waals surface area contributed by atoms with E-state index < -0.39 is 10.0 Å². The molecule has 7 heteroatoms. The molecule has 1 heterocycles. The van der Waals surface area contributed by atoms with E-state index in [2.05, 4.69) is 10.0 Å². The maximum atomic E-state index is 11.5. The van der Waals surface area contributed by atoms with Crippen molar-refractivity contribution in [3.05, 3.63) is 17.9 Å². The zero-order chi connectivity index (χ0) is 15.2. The molecule has 0 aliphatic carbocycles. The second-order valence-electron chi connectivity index (χ2n) is 4.90. The molecule has 0 saturated heterocycles. The fraction of sp³-hybridized carbons (Fsp3) is 0.692. The molecule has 0 atom stereocenters. The highest BCUT2D eigenvalue weighted by atomic mass is 32.2. The van der Waals surface area contributed by atoms with Crippen molar-refractivity contribution >= 4 is 10.0 Å². The van der Waals surface area contributed by atoms with E-state index in [1.807, 2.05) is 13.8 Å². The van der Waals surface area contributed by atoms with Gasteiger partial charge in [-0.05, 0) is 32.0 Å². The third kappa shape index (κ3) is 4.05. The van der Waals surface area contributed by atoms with Crippen molar-refractivity contribution in [1.29, 1.82) is 0 Å². The molecule has 6 nitrogen and oxygen atoms in total. The lowest BCUT2D eigenvalue weighted by atomic mass is 9.83. The second-order valence-corrected chi connectivity index (χ2v) is 6.71. The average Bonchev–Trinajstić information content (AvgIpc) is 2.94. The fourth-order valence-corrected chi connectivity index (χ4v) is 2.59. The minimum Gasteiger partial charge on any atom is -0.447 e. The zero-order valence-electron chi connectivity index (χ0n) is 12.3. The maximum absolute atomic E-state index is 11.5. The number of sulfonamides is 1. The number of hydrogen-bond acceptors (Lipinski definition) is 5. The minimum atomic E-state index is -3.53. The van der Waals surface area contributed by atoms with E-state index in [0.717, 1.165) is 12.8 Å². The van der Waals surface area contributed by atoms with E-state index in [1.54, 1.807) is 6.07 Å². The molecule has 0 spiro atoms. The van der Waals surface area contributed by atoms with Gasteiger partial charge >= 0.3 is 0 Å². The van der Waals surface area contributed by atoms with Crippen LogP contribution in [0, 0.1) is 5.41 Å². The van der Waals surface area contributed by atoms with Crippen molar-refractivity contribution in [2.45, 2.75) is 38.3 Å². The van der Waals surface area contributed by atoms with Gasteiger partial charge in [0.2, 0.25) is 5.09 Å². The molecule has 1 aromatic rings. The smallest absolute Gasteiger partial charge is 0.273 e. The molecule has 0 amide bonds. The Morgan fingerprint density at radius 1 is 1.30 bits per heavy atom. The third-order valence-corrected chi connectivity index (χ3v) is 5.09. The lowest BCUT2D eigenvalue weighted by molar-refractivity contribution is 0.112. The van der Waals surface area contributed by atoms with Gasteiger partial charge in [0.1, 0.15) is 5.76 Å². The first-order chi connectivity index (χ1) is 9.43. The fourth-order valence-electron chi connectivity index (χ4n) is 1.93. The highest BCUT2D eigenvalue weighted by Gasteiger charge is 2.24. The summed E-state index contributed by atoms with van der Waals surface area (Å²) in [4.78, 5) is 0. The summed E-state index contributed by atoms with van der Waals surface area (Å²) in [6.07, 6.45) is 1.76. The molecule has 0 unspecified atom stereocenters. The Hall–Kier alpha value is -0.890. The first-order valence-electron chi connectivity index (χ1n) is 6.77. The van der Waals surface area contributed by atoms with Crippen molar-refractivity contribution in [2.75, 3.05) is 20.2 Å². The summed E-state index contributed by atoms with van der Waals surface area (Å²) in [6, 6.07) is 3.07. The molecule has 1 rings (SSSR count). The predicted octanol–water partition coefficient (Wildman–Crippen LogP) is 1.08. The highest BCUT2D eigenvalue weighted by Crippen LogP contribution is 2.24. The van der Waals surface area contributed by atoms with Crippen LogP contribution in [0.25, 0.3) is 0 Å². The first kappa shape index (κ1) is 17.2. The van der Waals surface area contributed by atoms with E-state index in [9.17, 15) is 13.5 Å². The highest BCUT2D eigenvalue weighted by molar-refractivity contribution is 7.89. The summed E-state index contributed by atoms with van der Waals surface area (Å²) in [7, 11) is -2.19. The summed E-state index contributed by atoms with van der Waals surface area (Å²) < 4.78 is 30.5. The van der Waals surface area contributed by atoms with Gasteiger partial charge < -0.3 is 14.8 Å². The van der Waals surface area contributed by atoms with Crippen LogP contribution in [0.1, 0.15) is 32.4 Å². The molecule has 0 saturated carbocycles. The molecule has 0 fully saturated rings. The van der Waals surface area contributed by atoms with E-state index >= 15 is 0 Å². The number of furan rings is 1. The molecule has 116 valence electrons. The Bertz CT molecular complexity index is 498. The summed E-state index contributed by atoms with van der Waals surface area (Å²) in [5.41, 5.74) is -0.132. The first-order valence-corrected chi connectivity index (χ1v) is 8.25. The number of rotatable bonds is 9. The van der Waals surface area contributed by atoms with Gasteiger partial charge in [0.15, 0.2) is 0 Å². The molecule has 0 aliphatic heterocycles. The lowest BCUT2D eigenvalue weighted by Gasteiger charge is -2.29. The van der Waals surface area contributed by atoms with Crippen LogP contribution in [0.4, 0.5) is 0 Å². The van der Waals surface area contributed by atoms with Gasteiger partial charge in [0, 0.05) is 18.6 Å². The van der Waals surface area contributed by atoms with Crippen molar-refractivity contribution in [1.82, 2.24) is 10.0 Å². The summed E-state index contributed by atoms with van der Waals surface area (Å²) >= 11 is 0. The summed E-state index contributed by atoms with van der Waals surface area (Å²) in [5, 5.41) is 12.6. The second kappa shape index (κ2) is 7.21. The topological polar surface area (TPSA) is 91.6 Å². The average molecular weight is 304 g/mol. The Kier molecular flexibility index (Phi) is 6.19. The molecule has 20 heavy (non-hydrogen) atoms. The standard InChI is InChI=1S/C13H24N2O4S/c1-4-13(5-2,10-16)9-15-8-11-6-7-12(19-11)20(17,18)14-3/h6-7,14-16H,4-5,8-10H2,1-3H3. The molecule has 0 aliphatic rings. The van der Waals surface area contributed by atoms with Crippen molar-refractivity contribution in [3.8, 4) is 0 Å².